The van der Waals surface area contributed by atoms with Crippen LogP contribution in [0, 0.1) is 0 Å². The van der Waals surface area contributed by atoms with Gasteiger partial charge in [-0.15, -0.1) is 0 Å². The minimum Gasteiger partial charge on any atom is -0.326 e. The number of anilines is 2. The monoisotopic (exact) mass is 428 g/mol. The average Bonchev–Trinajstić information content (AvgIpc) is 2.74. The molecule has 2 N–H and O–H groups in total. The van der Waals surface area contributed by atoms with Crippen molar-refractivity contribution >= 4 is 27.3 Å². The van der Waals surface area contributed by atoms with E-state index < -0.39 is 27.0 Å². The van der Waals surface area contributed by atoms with Crippen LogP contribution in [0.4, 0.5) is 11.4 Å². The molecule has 2 aromatic carbocycles. The fourth-order valence-electron chi connectivity index (χ4n) is 2.73. The molecule has 0 unspecified atom stereocenters. The zero-order chi connectivity index (χ0) is 21.7. The number of sulfonamides is 1. The zero-order valence-corrected chi connectivity index (χ0v) is 16.9. The molecule has 156 valence electrons. The fraction of sp³-hybridized carbons (Fsp3) is 0.150. The molecule has 1 amide bonds. The van der Waals surface area contributed by atoms with Crippen molar-refractivity contribution < 1.29 is 13.2 Å². The quantitative estimate of drug-likeness (QED) is 0.589. The summed E-state index contributed by atoms with van der Waals surface area (Å²) >= 11 is 0. The van der Waals surface area contributed by atoms with Gasteiger partial charge < -0.3 is 5.32 Å². The standard InChI is InChI=1S/C20H20N4O5S/c1-23(16-7-3-2-4-8-16)30(28,29)17-9-5-6-15(14-17)21-18(25)12-13-24-20(27)11-10-19(26)22-24/h2-11,14H,12-13H2,1H3,(H,21,25)(H,22,26). The fourth-order valence-corrected chi connectivity index (χ4v) is 3.98. The Hall–Kier alpha value is -3.66. The molecule has 0 fully saturated rings. The van der Waals surface area contributed by atoms with E-state index in [0.29, 0.717) is 11.4 Å². The molecule has 1 aromatic heterocycles. The zero-order valence-electron chi connectivity index (χ0n) is 16.1. The Kier molecular flexibility index (Phi) is 6.17. The van der Waals surface area contributed by atoms with Gasteiger partial charge in [0.25, 0.3) is 21.1 Å². The minimum absolute atomic E-state index is 0.0184. The van der Waals surface area contributed by atoms with Gasteiger partial charge in [0.15, 0.2) is 0 Å². The number of aryl methyl sites for hydroxylation is 1. The maximum Gasteiger partial charge on any atom is 0.265 e. The number of nitrogens with one attached hydrogen (secondary N) is 2. The summed E-state index contributed by atoms with van der Waals surface area (Å²) in [6.07, 6.45) is -0.0826. The third-order valence-corrected chi connectivity index (χ3v) is 6.13. The van der Waals surface area contributed by atoms with Gasteiger partial charge >= 0.3 is 0 Å². The van der Waals surface area contributed by atoms with Crippen LogP contribution in [-0.2, 0) is 21.4 Å². The summed E-state index contributed by atoms with van der Waals surface area (Å²) < 4.78 is 28.0. The van der Waals surface area contributed by atoms with Crippen LogP contribution in [0.5, 0.6) is 0 Å². The molecule has 3 aromatic rings. The molecule has 0 saturated heterocycles. The lowest BCUT2D eigenvalue weighted by Crippen LogP contribution is -2.29. The molecule has 0 spiro atoms. The number of H-pyrrole nitrogens is 1. The summed E-state index contributed by atoms with van der Waals surface area (Å²) in [7, 11) is -2.37. The number of hydrogen-bond acceptors (Lipinski definition) is 5. The van der Waals surface area contributed by atoms with Crippen LogP contribution in [0.1, 0.15) is 6.42 Å². The molecule has 1 heterocycles. The van der Waals surface area contributed by atoms with Crippen molar-refractivity contribution in [1.82, 2.24) is 9.78 Å². The molecule has 0 saturated carbocycles. The predicted molar refractivity (Wildman–Crippen MR) is 113 cm³/mol. The molecule has 30 heavy (non-hydrogen) atoms. The van der Waals surface area contributed by atoms with Crippen molar-refractivity contribution in [3.8, 4) is 0 Å². The van der Waals surface area contributed by atoms with E-state index in [1.807, 2.05) is 0 Å². The van der Waals surface area contributed by atoms with Gasteiger partial charge in [0.1, 0.15) is 0 Å². The summed E-state index contributed by atoms with van der Waals surface area (Å²) in [6.45, 7) is -0.0184. The highest BCUT2D eigenvalue weighted by Crippen LogP contribution is 2.23. The van der Waals surface area contributed by atoms with E-state index in [2.05, 4.69) is 10.4 Å². The maximum atomic E-state index is 12.9. The van der Waals surface area contributed by atoms with Crippen molar-refractivity contribution in [3.05, 3.63) is 87.4 Å². The van der Waals surface area contributed by atoms with Crippen LogP contribution in [-0.4, -0.2) is 31.2 Å². The number of rotatable bonds is 7. The first-order valence-electron chi connectivity index (χ1n) is 9.01. The first-order valence-corrected chi connectivity index (χ1v) is 10.5. The Labute approximate surface area is 172 Å². The topological polar surface area (TPSA) is 121 Å². The lowest BCUT2D eigenvalue weighted by atomic mass is 10.3. The van der Waals surface area contributed by atoms with Crippen LogP contribution >= 0.6 is 0 Å². The van der Waals surface area contributed by atoms with Crippen LogP contribution in [0.15, 0.2) is 81.2 Å². The number of aromatic amines is 1. The van der Waals surface area contributed by atoms with Crippen LogP contribution < -0.4 is 20.7 Å². The Morgan fingerprint density at radius 1 is 1.03 bits per heavy atom. The van der Waals surface area contributed by atoms with E-state index in [1.165, 1.54) is 25.2 Å². The molecule has 9 nitrogen and oxygen atoms in total. The van der Waals surface area contributed by atoms with Gasteiger partial charge in [0, 0.05) is 31.3 Å². The molecule has 0 radical (unpaired) electrons. The highest BCUT2D eigenvalue weighted by atomic mass is 32.2. The highest BCUT2D eigenvalue weighted by molar-refractivity contribution is 7.92. The molecule has 0 atom stereocenters. The molecular weight excluding hydrogens is 408 g/mol. The van der Waals surface area contributed by atoms with Crippen molar-refractivity contribution in [2.75, 3.05) is 16.7 Å². The van der Waals surface area contributed by atoms with Crippen LogP contribution in [0.3, 0.4) is 0 Å². The number of aromatic nitrogens is 2. The number of amides is 1. The number of hydrogen-bond donors (Lipinski definition) is 2. The second-order valence-electron chi connectivity index (χ2n) is 6.43. The first kappa shape index (κ1) is 21.1. The Balaban J connectivity index is 1.72. The summed E-state index contributed by atoms with van der Waals surface area (Å²) in [6, 6.07) is 16.8. The highest BCUT2D eigenvalue weighted by Gasteiger charge is 2.21. The van der Waals surface area contributed by atoms with Gasteiger partial charge in [-0.25, -0.2) is 13.1 Å². The second-order valence-corrected chi connectivity index (χ2v) is 8.40. The summed E-state index contributed by atoms with van der Waals surface area (Å²) in [4.78, 5) is 35.2. The lowest BCUT2D eigenvalue weighted by Gasteiger charge is -2.19. The SMILES string of the molecule is CN(c1ccccc1)S(=O)(=O)c1cccc(NC(=O)CCn2[nH]c(=O)ccc2=O)c1. The number of benzene rings is 2. The predicted octanol–water partition coefficient (Wildman–Crippen LogP) is 1.39. The Bertz CT molecular complexity index is 1270. The Morgan fingerprint density at radius 3 is 2.50 bits per heavy atom. The van der Waals surface area contributed by atoms with Gasteiger partial charge in [0.2, 0.25) is 5.91 Å². The molecule has 0 aliphatic heterocycles. The van der Waals surface area contributed by atoms with E-state index in [0.717, 1.165) is 21.1 Å². The second kappa shape index (κ2) is 8.78. The normalized spacial score (nSPS) is 11.1. The molecule has 10 heteroatoms. The van der Waals surface area contributed by atoms with Crippen molar-refractivity contribution in [2.24, 2.45) is 0 Å². The molecule has 0 aliphatic rings. The van der Waals surface area contributed by atoms with Crippen molar-refractivity contribution in [1.29, 1.82) is 0 Å². The van der Waals surface area contributed by atoms with E-state index in [1.54, 1.807) is 36.4 Å². The average molecular weight is 428 g/mol. The van der Waals surface area contributed by atoms with Gasteiger partial charge in [-0.3, -0.25) is 23.8 Å². The number of nitrogens with zero attached hydrogens (tertiary/aromatic N) is 2. The van der Waals surface area contributed by atoms with Crippen LogP contribution in [0.2, 0.25) is 0 Å². The number of para-hydroxylation sites is 1. The van der Waals surface area contributed by atoms with E-state index >= 15 is 0 Å². The third-order valence-electron chi connectivity index (χ3n) is 4.35. The molecule has 0 aliphatic carbocycles. The van der Waals surface area contributed by atoms with Crippen LogP contribution in [0.25, 0.3) is 0 Å². The summed E-state index contributed by atoms with van der Waals surface area (Å²) in [5.41, 5.74) is -0.0689. The number of carbonyl (C=O) groups excluding carboxylic acids is 1. The lowest BCUT2D eigenvalue weighted by molar-refractivity contribution is -0.116. The molecular formula is C20H20N4O5S. The Morgan fingerprint density at radius 2 is 1.77 bits per heavy atom. The van der Waals surface area contributed by atoms with E-state index in [9.17, 15) is 22.8 Å². The molecule has 3 rings (SSSR count). The summed E-state index contributed by atoms with van der Waals surface area (Å²) in [5.74, 6) is -0.433. The van der Waals surface area contributed by atoms with Crippen molar-refractivity contribution in [3.63, 3.8) is 0 Å². The van der Waals surface area contributed by atoms with Crippen molar-refractivity contribution in [2.45, 2.75) is 17.9 Å². The largest absolute Gasteiger partial charge is 0.326 e. The van der Waals surface area contributed by atoms with E-state index in [-0.39, 0.29) is 17.9 Å². The first-order chi connectivity index (χ1) is 14.3. The van der Waals surface area contributed by atoms with Gasteiger partial charge in [-0.1, -0.05) is 24.3 Å². The molecule has 0 bridgehead atoms. The number of carbonyl (C=O) groups is 1. The van der Waals surface area contributed by atoms with Gasteiger partial charge in [-0.05, 0) is 30.3 Å². The van der Waals surface area contributed by atoms with Gasteiger partial charge in [-0.2, -0.15) is 0 Å². The van der Waals surface area contributed by atoms with E-state index in [4.69, 9.17) is 0 Å². The maximum absolute atomic E-state index is 12.9. The smallest absolute Gasteiger partial charge is 0.265 e. The van der Waals surface area contributed by atoms with Gasteiger partial charge in [0.05, 0.1) is 17.1 Å². The minimum atomic E-state index is -3.82. The third kappa shape index (κ3) is 4.84. The summed E-state index contributed by atoms with van der Waals surface area (Å²) in [5, 5.41) is 4.94.